The maximum atomic E-state index is 5.98. The first-order valence-corrected chi connectivity index (χ1v) is 6.40. The second-order valence-electron chi connectivity index (χ2n) is 3.12. The van der Waals surface area contributed by atoms with E-state index in [9.17, 15) is 0 Å². The third-order valence-electron chi connectivity index (χ3n) is 1.61. The maximum Gasteiger partial charge on any atom is 0.127 e. The van der Waals surface area contributed by atoms with Crippen LogP contribution in [0.2, 0.25) is 18.6 Å². The monoisotopic (exact) mass is 139 g/mol. The predicted octanol–water partition coefficient (Wildman–Crippen LogP) is 1.65. The molecule has 0 aromatic carbocycles. The van der Waals surface area contributed by atoms with Gasteiger partial charge in [-0.3, -0.25) is 0 Å². The normalized spacial score (nSPS) is 19.4. The van der Waals surface area contributed by atoms with Crippen LogP contribution in [0, 0.1) is 0 Å². The Balaban J connectivity index is 2.64. The summed E-state index contributed by atoms with van der Waals surface area (Å²) < 4.78 is 0. The highest BCUT2D eigenvalue weighted by atomic mass is 28.3. The van der Waals surface area contributed by atoms with Crippen LogP contribution in [0.1, 0.15) is 0 Å². The van der Waals surface area contributed by atoms with Crippen LogP contribution in [0.15, 0.2) is 24.3 Å². The Morgan fingerprint density at radius 1 is 1.22 bits per heavy atom. The molecule has 0 bridgehead atoms. The number of nitrogens with two attached hydrogens (primary N) is 1. The smallest absolute Gasteiger partial charge is 0.127 e. The molecular weight excluding hydrogens is 126 g/mol. The van der Waals surface area contributed by atoms with Crippen molar-refractivity contribution in [2.75, 3.05) is 0 Å². The number of allylic oxidation sites excluding steroid dienone is 4. The average molecular weight is 139 g/mol. The summed E-state index contributed by atoms with van der Waals surface area (Å²) in [4.78, 5) is 0. The molecule has 0 unspecified atom stereocenters. The first kappa shape index (κ1) is 6.77. The van der Waals surface area contributed by atoms with E-state index < -0.39 is 8.24 Å². The van der Waals surface area contributed by atoms with Gasteiger partial charge in [-0.05, 0) is 0 Å². The minimum Gasteiger partial charge on any atom is -0.350 e. The van der Waals surface area contributed by atoms with Crippen LogP contribution in [0.3, 0.4) is 0 Å². The zero-order valence-electron chi connectivity index (χ0n) is 5.96. The molecule has 1 aliphatic rings. The lowest BCUT2D eigenvalue weighted by Crippen LogP contribution is -2.41. The largest absolute Gasteiger partial charge is 0.350 e. The van der Waals surface area contributed by atoms with Gasteiger partial charge >= 0.3 is 0 Å². The fourth-order valence-corrected chi connectivity index (χ4v) is 2.14. The standard InChI is InChI=1S/C7H13NSi/c1-9(2,8)7-5-3-4-6-7/h3-7H,8H2,1-2H3. The molecule has 0 heterocycles. The lowest BCUT2D eigenvalue weighted by molar-refractivity contribution is 1.26. The van der Waals surface area contributed by atoms with Crippen molar-refractivity contribution in [2.45, 2.75) is 18.6 Å². The van der Waals surface area contributed by atoms with Crippen molar-refractivity contribution in [3.8, 4) is 0 Å². The first-order chi connectivity index (χ1) is 4.11. The molecule has 0 amide bonds. The molecule has 0 fully saturated rings. The highest BCUT2D eigenvalue weighted by molar-refractivity contribution is 6.76. The Morgan fingerprint density at radius 2 is 1.67 bits per heavy atom. The molecular formula is C7H13NSi. The minimum absolute atomic E-state index is 0.567. The topological polar surface area (TPSA) is 26.0 Å². The number of hydrogen-bond acceptors (Lipinski definition) is 1. The van der Waals surface area contributed by atoms with Gasteiger partial charge in [0, 0.05) is 5.54 Å². The molecule has 2 N–H and O–H groups in total. The molecule has 0 radical (unpaired) electrons. The van der Waals surface area contributed by atoms with Gasteiger partial charge < -0.3 is 5.40 Å². The fraction of sp³-hybridized carbons (Fsp3) is 0.429. The van der Waals surface area contributed by atoms with Gasteiger partial charge in [-0.1, -0.05) is 37.4 Å². The van der Waals surface area contributed by atoms with Gasteiger partial charge in [-0.15, -0.1) is 0 Å². The molecule has 2 heteroatoms. The van der Waals surface area contributed by atoms with Crippen LogP contribution in [-0.2, 0) is 0 Å². The van der Waals surface area contributed by atoms with E-state index in [1.165, 1.54) is 0 Å². The molecule has 1 aliphatic carbocycles. The Kier molecular flexibility index (Phi) is 1.59. The van der Waals surface area contributed by atoms with E-state index in [2.05, 4.69) is 37.4 Å². The lowest BCUT2D eigenvalue weighted by Gasteiger charge is -2.20. The van der Waals surface area contributed by atoms with Crippen molar-refractivity contribution in [3.63, 3.8) is 0 Å². The van der Waals surface area contributed by atoms with E-state index in [0.29, 0.717) is 5.54 Å². The van der Waals surface area contributed by atoms with Gasteiger partial charge in [0.1, 0.15) is 8.24 Å². The fourth-order valence-electron chi connectivity index (χ4n) is 0.928. The quantitative estimate of drug-likeness (QED) is 0.549. The highest BCUT2D eigenvalue weighted by Crippen LogP contribution is 2.23. The van der Waals surface area contributed by atoms with Crippen molar-refractivity contribution in [1.29, 1.82) is 0 Å². The summed E-state index contributed by atoms with van der Waals surface area (Å²) in [7, 11) is -1.40. The molecule has 0 atom stereocenters. The predicted molar refractivity (Wildman–Crippen MR) is 43.7 cm³/mol. The second-order valence-corrected chi connectivity index (χ2v) is 7.43. The molecule has 0 spiro atoms. The van der Waals surface area contributed by atoms with E-state index >= 15 is 0 Å². The van der Waals surface area contributed by atoms with Crippen LogP contribution in [0.5, 0.6) is 0 Å². The average Bonchev–Trinajstić information content (AvgIpc) is 2.08. The first-order valence-electron chi connectivity index (χ1n) is 3.24. The van der Waals surface area contributed by atoms with Gasteiger partial charge in [-0.2, -0.15) is 0 Å². The second kappa shape index (κ2) is 2.12. The van der Waals surface area contributed by atoms with E-state index in [1.54, 1.807) is 0 Å². The number of hydrogen-bond donors (Lipinski definition) is 1. The molecule has 0 aromatic rings. The van der Waals surface area contributed by atoms with Crippen molar-refractivity contribution >= 4 is 8.24 Å². The zero-order chi connectivity index (χ0) is 6.91. The molecule has 50 valence electrons. The summed E-state index contributed by atoms with van der Waals surface area (Å²) >= 11 is 0. The Bertz CT molecular complexity index is 141. The lowest BCUT2D eigenvalue weighted by atomic mass is 10.5. The van der Waals surface area contributed by atoms with Crippen molar-refractivity contribution in [1.82, 2.24) is 0 Å². The molecule has 0 saturated carbocycles. The maximum absolute atomic E-state index is 5.98. The summed E-state index contributed by atoms with van der Waals surface area (Å²) in [5, 5.41) is 5.98. The molecule has 1 nitrogen and oxygen atoms in total. The van der Waals surface area contributed by atoms with Crippen molar-refractivity contribution in [2.24, 2.45) is 5.40 Å². The van der Waals surface area contributed by atoms with Gasteiger partial charge in [0.05, 0.1) is 0 Å². The van der Waals surface area contributed by atoms with Crippen molar-refractivity contribution in [3.05, 3.63) is 24.3 Å². The molecule has 0 saturated heterocycles. The van der Waals surface area contributed by atoms with Crippen LogP contribution < -0.4 is 5.40 Å². The Hall–Kier alpha value is -0.343. The summed E-state index contributed by atoms with van der Waals surface area (Å²) in [5.41, 5.74) is 0.567. The minimum atomic E-state index is -1.40. The third-order valence-corrected chi connectivity index (χ3v) is 3.71. The van der Waals surface area contributed by atoms with Gasteiger partial charge in [-0.25, -0.2) is 0 Å². The Labute approximate surface area is 57.3 Å². The summed E-state index contributed by atoms with van der Waals surface area (Å²) in [6.07, 6.45) is 8.52. The molecule has 9 heavy (non-hydrogen) atoms. The number of rotatable bonds is 1. The zero-order valence-corrected chi connectivity index (χ0v) is 6.96. The van der Waals surface area contributed by atoms with Gasteiger partial charge in [0.25, 0.3) is 0 Å². The van der Waals surface area contributed by atoms with Gasteiger partial charge in [0.15, 0.2) is 0 Å². The molecule has 0 aliphatic heterocycles. The third kappa shape index (κ3) is 1.53. The van der Waals surface area contributed by atoms with Crippen LogP contribution in [-0.4, -0.2) is 8.24 Å². The Morgan fingerprint density at radius 3 is 1.89 bits per heavy atom. The van der Waals surface area contributed by atoms with Crippen LogP contribution in [0.25, 0.3) is 0 Å². The van der Waals surface area contributed by atoms with E-state index in [1.807, 2.05) is 0 Å². The van der Waals surface area contributed by atoms with Crippen molar-refractivity contribution < 1.29 is 0 Å². The van der Waals surface area contributed by atoms with E-state index in [0.717, 1.165) is 0 Å². The molecule has 1 rings (SSSR count). The van der Waals surface area contributed by atoms with Gasteiger partial charge in [0.2, 0.25) is 0 Å². The SMILES string of the molecule is C[Si](C)(N)C1C=CC=C1. The summed E-state index contributed by atoms with van der Waals surface area (Å²) in [6, 6.07) is 0. The molecule has 0 aromatic heterocycles. The van der Waals surface area contributed by atoms with Crippen LogP contribution in [0.4, 0.5) is 0 Å². The van der Waals surface area contributed by atoms with E-state index in [4.69, 9.17) is 5.40 Å². The summed E-state index contributed by atoms with van der Waals surface area (Å²) in [6.45, 7) is 4.36. The van der Waals surface area contributed by atoms with E-state index in [-0.39, 0.29) is 0 Å². The highest BCUT2D eigenvalue weighted by Gasteiger charge is 2.23. The van der Waals surface area contributed by atoms with Crippen LogP contribution >= 0.6 is 0 Å². The summed E-state index contributed by atoms with van der Waals surface area (Å²) in [5.74, 6) is 0.